The van der Waals surface area contributed by atoms with E-state index in [1.165, 1.54) is 11.3 Å². The van der Waals surface area contributed by atoms with Crippen molar-refractivity contribution >= 4 is 45.0 Å². The van der Waals surface area contributed by atoms with E-state index in [1.54, 1.807) is 29.7 Å². The summed E-state index contributed by atoms with van der Waals surface area (Å²) in [5.74, 6) is 1.70. The Balaban J connectivity index is 1.24. The van der Waals surface area contributed by atoms with E-state index in [2.05, 4.69) is 4.98 Å². The maximum Gasteiger partial charge on any atom is 0.274 e. The lowest BCUT2D eigenvalue weighted by atomic mass is 10.2. The zero-order valence-corrected chi connectivity index (χ0v) is 21.1. The Labute approximate surface area is 216 Å². The van der Waals surface area contributed by atoms with Gasteiger partial charge in [-0.15, -0.1) is 0 Å². The Morgan fingerprint density at radius 2 is 1.72 bits per heavy atom. The molecule has 184 valence electrons. The maximum atomic E-state index is 13.0. The molecule has 0 aliphatic heterocycles. The minimum atomic E-state index is -0.118. The lowest BCUT2D eigenvalue weighted by Crippen LogP contribution is -2.22. The lowest BCUT2D eigenvalue weighted by molar-refractivity contribution is 0.0757. The van der Waals surface area contributed by atoms with E-state index in [4.69, 9.17) is 30.5 Å². The molecule has 5 rings (SSSR count). The monoisotopic (exact) mass is 522 g/mol. The van der Waals surface area contributed by atoms with Crippen LogP contribution in [0.5, 0.6) is 17.2 Å². The van der Waals surface area contributed by atoms with Crippen molar-refractivity contribution in [3.63, 3.8) is 0 Å². The van der Waals surface area contributed by atoms with Gasteiger partial charge in [-0.05, 0) is 48.0 Å². The highest BCUT2D eigenvalue weighted by Gasteiger charge is 2.14. The first-order valence-corrected chi connectivity index (χ1v) is 12.5. The molecule has 0 aliphatic carbocycles. The van der Waals surface area contributed by atoms with Gasteiger partial charge in [-0.25, -0.2) is 9.38 Å². The molecule has 36 heavy (non-hydrogen) atoms. The van der Waals surface area contributed by atoms with Gasteiger partial charge >= 0.3 is 0 Å². The van der Waals surface area contributed by atoms with Crippen LogP contribution in [0.1, 0.15) is 5.56 Å². The molecule has 0 atom stereocenters. The number of hydrogen-bond acceptors (Lipinski definition) is 7. The number of para-hydroxylation sites is 3. The second-order valence-corrected chi connectivity index (χ2v) is 9.21. The molecule has 0 bridgehead atoms. The van der Waals surface area contributed by atoms with Crippen LogP contribution < -0.4 is 24.3 Å². The summed E-state index contributed by atoms with van der Waals surface area (Å²) in [5, 5.41) is 0.382. The first-order chi connectivity index (χ1) is 17.6. The second-order valence-electron chi connectivity index (χ2n) is 7.79. The van der Waals surface area contributed by atoms with E-state index in [0.717, 1.165) is 22.3 Å². The van der Waals surface area contributed by atoms with E-state index in [9.17, 15) is 4.79 Å². The molecule has 0 N–H and O–H groups in total. The average Bonchev–Trinajstić information content (AvgIpc) is 3.40. The van der Waals surface area contributed by atoms with Crippen LogP contribution in [0.3, 0.4) is 0 Å². The third-order valence-corrected chi connectivity index (χ3v) is 6.66. The second kappa shape index (κ2) is 11.0. The molecule has 0 aliphatic rings. The number of hydrogen-bond donors (Lipinski definition) is 0. The molecular weight excluding hydrogens is 500 g/mol. The van der Waals surface area contributed by atoms with Crippen molar-refractivity contribution in [2.24, 2.45) is 0 Å². The summed E-state index contributed by atoms with van der Waals surface area (Å²) in [7, 11) is 1.55. The summed E-state index contributed by atoms with van der Waals surface area (Å²) < 4.78 is 24.7. The van der Waals surface area contributed by atoms with Crippen molar-refractivity contribution in [3.05, 3.63) is 92.2 Å². The molecular formula is C27H23ClN2O5S. The molecule has 0 fully saturated rings. The molecule has 5 aromatic rings. The highest BCUT2D eigenvalue weighted by molar-refractivity contribution is 7.15. The smallest absolute Gasteiger partial charge is 0.274 e. The minimum Gasteiger partial charge on any atom is -0.493 e. The molecule has 7 nitrogen and oxygen atoms in total. The fourth-order valence-corrected chi connectivity index (χ4v) is 5.03. The van der Waals surface area contributed by atoms with E-state index in [0.29, 0.717) is 52.4 Å². The summed E-state index contributed by atoms with van der Waals surface area (Å²) in [6.07, 6.45) is 1.78. The van der Waals surface area contributed by atoms with Gasteiger partial charge in [0.25, 0.3) is 5.56 Å². The molecule has 2 heterocycles. The number of thiazole rings is 1. The van der Waals surface area contributed by atoms with Gasteiger partial charge in [-0.3, -0.25) is 4.79 Å². The molecule has 0 spiro atoms. The number of benzene rings is 3. The normalized spacial score (nSPS) is 11.9. The summed E-state index contributed by atoms with van der Waals surface area (Å²) in [6.45, 7) is 1.55. The van der Waals surface area contributed by atoms with Gasteiger partial charge in [0.15, 0.2) is 16.5 Å². The fraction of sp³-hybridized carbons (Fsp3) is 0.185. The molecule has 0 unspecified atom stereocenters. The highest BCUT2D eigenvalue weighted by Crippen LogP contribution is 2.36. The average molecular weight is 523 g/mol. The topological polar surface area (TPSA) is 71.3 Å². The van der Waals surface area contributed by atoms with Gasteiger partial charge in [0.05, 0.1) is 40.9 Å². The summed E-state index contributed by atoms with van der Waals surface area (Å²) in [4.78, 5) is 18.2. The first-order valence-electron chi connectivity index (χ1n) is 11.3. The van der Waals surface area contributed by atoms with Crippen LogP contribution in [0.2, 0.25) is 5.02 Å². The Hall–Kier alpha value is -3.59. The van der Waals surface area contributed by atoms with Crippen LogP contribution in [0.25, 0.3) is 22.1 Å². The highest BCUT2D eigenvalue weighted by atomic mass is 35.5. The van der Waals surface area contributed by atoms with Crippen molar-refractivity contribution in [2.75, 3.05) is 33.5 Å². The zero-order valence-electron chi connectivity index (χ0n) is 19.5. The number of fused-ring (bicyclic) bond motifs is 3. The number of rotatable bonds is 10. The minimum absolute atomic E-state index is 0.118. The largest absolute Gasteiger partial charge is 0.493 e. The Morgan fingerprint density at radius 3 is 2.53 bits per heavy atom. The molecule has 0 radical (unpaired) electrons. The predicted molar refractivity (Wildman–Crippen MR) is 142 cm³/mol. The van der Waals surface area contributed by atoms with E-state index in [-0.39, 0.29) is 5.56 Å². The van der Waals surface area contributed by atoms with Gasteiger partial charge in [-0.2, -0.15) is 0 Å². The van der Waals surface area contributed by atoms with Crippen LogP contribution in [0, 0.1) is 0 Å². The fourth-order valence-electron chi connectivity index (χ4n) is 3.77. The number of imidazole rings is 1. The maximum absolute atomic E-state index is 13.0. The van der Waals surface area contributed by atoms with Gasteiger partial charge in [-0.1, -0.05) is 53.3 Å². The van der Waals surface area contributed by atoms with E-state index < -0.39 is 0 Å². The number of ether oxygens (including phenoxy) is 4. The number of halogens is 1. The van der Waals surface area contributed by atoms with Crippen LogP contribution in [0.4, 0.5) is 0 Å². The standard InChI is InChI=1S/C27H23ClN2O5S/c1-32-23-16-18(17-24-26(31)30-22-10-6-5-9-21(22)29-27(30)36-24)15-20(28)25(23)35-14-12-33-11-13-34-19-7-3-2-4-8-19/h2-10,15-17H,11-14H2,1H3/b24-17-. The van der Waals surface area contributed by atoms with Gasteiger partial charge in [0.2, 0.25) is 0 Å². The van der Waals surface area contributed by atoms with Crippen molar-refractivity contribution in [2.45, 2.75) is 0 Å². The summed E-state index contributed by atoms with van der Waals surface area (Å²) in [6, 6.07) is 20.7. The summed E-state index contributed by atoms with van der Waals surface area (Å²) >= 11 is 7.84. The lowest BCUT2D eigenvalue weighted by Gasteiger charge is -2.13. The predicted octanol–water partition coefficient (Wildman–Crippen LogP) is 4.59. The van der Waals surface area contributed by atoms with Gasteiger partial charge < -0.3 is 18.9 Å². The molecule has 9 heteroatoms. The molecule has 0 amide bonds. The number of nitrogens with zero attached hydrogens (tertiary/aromatic N) is 2. The quantitative estimate of drug-likeness (QED) is 0.250. The van der Waals surface area contributed by atoms with Gasteiger partial charge in [0.1, 0.15) is 19.0 Å². The summed E-state index contributed by atoms with van der Waals surface area (Å²) in [5.41, 5.74) is 2.20. The molecule has 2 aromatic heterocycles. The molecule has 0 saturated carbocycles. The number of aromatic nitrogens is 2. The molecule has 3 aromatic carbocycles. The van der Waals surface area contributed by atoms with E-state index >= 15 is 0 Å². The van der Waals surface area contributed by atoms with Crippen molar-refractivity contribution in [1.82, 2.24) is 9.38 Å². The Kier molecular flexibility index (Phi) is 7.36. The van der Waals surface area contributed by atoms with Crippen LogP contribution >= 0.6 is 22.9 Å². The van der Waals surface area contributed by atoms with E-state index in [1.807, 2.05) is 54.6 Å². The van der Waals surface area contributed by atoms with Crippen LogP contribution in [-0.4, -0.2) is 42.9 Å². The van der Waals surface area contributed by atoms with Crippen molar-refractivity contribution < 1.29 is 18.9 Å². The first kappa shape index (κ1) is 24.1. The number of methoxy groups -OCH3 is 1. The SMILES string of the molecule is COc1cc(/C=c2\sc3nc4ccccc4n3c2=O)cc(Cl)c1OCCOCCOc1ccccc1. The third kappa shape index (κ3) is 5.16. The zero-order chi connectivity index (χ0) is 24.9. The van der Waals surface area contributed by atoms with Gasteiger partial charge in [0, 0.05) is 0 Å². The van der Waals surface area contributed by atoms with Crippen molar-refractivity contribution in [1.29, 1.82) is 0 Å². The van der Waals surface area contributed by atoms with Crippen molar-refractivity contribution in [3.8, 4) is 17.2 Å². The Morgan fingerprint density at radius 1 is 0.972 bits per heavy atom. The van der Waals surface area contributed by atoms with Crippen LogP contribution in [-0.2, 0) is 4.74 Å². The Bertz CT molecular complexity index is 1600. The van der Waals surface area contributed by atoms with Crippen LogP contribution in [0.15, 0.2) is 71.5 Å². The molecule has 0 saturated heterocycles. The third-order valence-electron chi connectivity index (χ3n) is 5.41.